The lowest BCUT2D eigenvalue weighted by Gasteiger charge is -2.28. The maximum Gasteiger partial charge on any atom is 0.307 e. The number of carboxylic acids is 1. The summed E-state index contributed by atoms with van der Waals surface area (Å²) in [5.41, 5.74) is 0. The highest BCUT2D eigenvalue weighted by molar-refractivity contribution is 9.09. The van der Waals surface area contributed by atoms with E-state index in [4.69, 9.17) is 5.11 Å². The topological polar surface area (TPSA) is 37.3 Å². The van der Waals surface area contributed by atoms with Crippen LogP contribution in [0, 0.1) is 11.8 Å². The summed E-state index contributed by atoms with van der Waals surface area (Å²) in [7, 11) is 0. The van der Waals surface area contributed by atoms with E-state index in [9.17, 15) is 4.79 Å². The molecule has 11 heavy (non-hydrogen) atoms. The van der Waals surface area contributed by atoms with Gasteiger partial charge in [0.2, 0.25) is 0 Å². The van der Waals surface area contributed by atoms with Crippen LogP contribution in [-0.2, 0) is 4.79 Å². The quantitative estimate of drug-likeness (QED) is 0.689. The monoisotopic (exact) mass is 220 g/mol. The molecule has 0 aromatic carbocycles. The molecule has 0 saturated heterocycles. The van der Waals surface area contributed by atoms with Crippen LogP contribution in [0.3, 0.4) is 0 Å². The summed E-state index contributed by atoms with van der Waals surface area (Å²) in [4.78, 5) is 10.9. The van der Waals surface area contributed by atoms with Crippen molar-refractivity contribution in [2.24, 2.45) is 11.8 Å². The first kappa shape index (κ1) is 9.04. The van der Waals surface area contributed by atoms with Crippen LogP contribution in [-0.4, -0.2) is 15.9 Å². The smallest absolute Gasteiger partial charge is 0.307 e. The van der Waals surface area contributed by atoms with E-state index in [1.165, 1.54) is 0 Å². The van der Waals surface area contributed by atoms with E-state index in [1.54, 1.807) is 0 Å². The van der Waals surface area contributed by atoms with Crippen LogP contribution in [0.2, 0.25) is 0 Å². The Balaban J connectivity index is 2.54. The fourth-order valence-electron chi connectivity index (χ4n) is 1.60. The van der Waals surface area contributed by atoms with Crippen molar-refractivity contribution in [3.05, 3.63) is 0 Å². The molecular formula is C8H13BrO2. The Morgan fingerprint density at radius 2 is 2.18 bits per heavy atom. The lowest BCUT2D eigenvalue weighted by atomic mass is 9.82. The van der Waals surface area contributed by atoms with Gasteiger partial charge in [-0.25, -0.2) is 0 Å². The first-order chi connectivity index (χ1) is 5.11. The molecule has 3 unspecified atom stereocenters. The molecule has 0 heterocycles. The summed E-state index contributed by atoms with van der Waals surface area (Å²) >= 11 is 3.40. The van der Waals surface area contributed by atoms with Crippen molar-refractivity contribution in [2.45, 2.75) is 31.0 Å². The van der Waals surface area contributed by atoms with Crippen LogP contribution >= 0.6 is 15.9 Å². The SMILES string of the molecule is CC1CCC(Br)C(C(=O)O)C1. The first-order valence-corrected chi connectivity index (χ1v) is 4.89. The van der Waals surface area contributed by atoms with E-state index in [2.05, 4.69) is 22.9 Å². The first-order valence-electron chi connectivity index (χ1n) is 3.98. The van der Waals surface area contributed by atoms with E-state index < -0.39 is 5.97 Å². The fraction of sp³-hybridized carbons (Fsp3) is 0.875. The summed E-state index contributed by atoms with van der Waals surface area (Å²) in [6, 6.07) is 0. The van der Waals surface area contributed by atoms with E-state index in [0.717, 1.165) is 19.3 Å². The molecule has 0 aliphatic heterocycles. The van der Waals surface area contributed by atoms with Gasteiger partial charge in [0.15, 0.2) is 0 Å². The number of alkyl halides is 1. The van der Waals surface area contributed by atoms with E-state index >= 15 is 0 Å². The van der Waals surface area contributed by atoms with Gasteiger partial charge in [0.05, 0.1) is 5.92 Å². The zero-order valence-electron chi connectivity index (χ0n) is 6.59. The molecule has 0 amide bonds. The molecule has 1 saturated carbocycles. The Labute approximate surface area is 75.1 Å². The minimum Gasteiger partial charge on any atom is -0.481 e. The maximum absolute atomic E-state index is 10.7. The molecule has 1 fully saturated rings. The van der Waals surface area contributed by atoms with Gasteiger partial charge in [0, 0.05) is 4.83 Å². The minimum absolute atomic E-state index is 0.168. The lowest BCUT2D eigenvalue weighted by Crippen LogP contribution is -2.30. The van der Waals surface area contributed by atoms with Gasteiger partial charge >= 0.3 is 5.97 Å². The highest BCUT2D eigenvalue weighted by Crippen LogP contribution is 2.33. The molecular weight excluding hydrogens is 208 g/mol. The average molecular weight is 221 g/mol. The predicted molar refractivity (Wildman–Crippen MR) is 46.9 cm³/mol. The Bertz CT molecular complexity index is 158. The third-order valence-corrected chi connectivity index (χ3v) is 3.44. The van der Waals surface area contributed by atoms with E-state index in [0.29, 0.717) is 5.92 Å². The molecule has 0 aromatic rings. The highest BCUT2D eigenvalue weighted by Gasteiger charge is 2.31. The van der Waals surface area contributed by atoms with Gasteiger partial charge in [0.1, 0.15) is 0 Å². The van der Waals surface area contributed by atoms with Gasteiger partial charge in [-0.2, -0.15) is 0 Å². The predicted octanol–water partition coefficient (Wildman–Crippen LogP) is 2.27. The Morgan fingerprint density at radius 1 is 1.55 bits per heavy atom. The number of hydrogen-bond donors (Lipinski definition) is 1. The highest BCUT2D eigenvalue weighted by atomic mass is 79.9. The average Bonchev–Trinajstić information content (AvgIpc) is 1.94. The minimum atomic E-state index is -0.654. The molecule has 0 radical (unpaired) electrons. The van der Waals surface area contributed by atoms with Crippen LogP contribution in [0.25, 0.3) is 0 Å². The van der Waals surface area contributed by atoms with Crippen molar-refractivity contribution in [2.75, 3.05) is 0 Å². The van der Waals surface area contributed by atoms with Crippen molar-refractivity contribution < 1.29 is 9.90 Å². The number of halogens is 1. The number of aliphatic carboxylic acids is 1. The van der Waals surface area contributed by atoms with Crippen molar-refractivity contribution in [3.8, 4) is 0 Å². The molecule has 3 heteroatoms. The van der Waals surface area contributed by atoms with Gasteiger partial charge in [0.25, 0.3) is 0 Å². The van der Waals surface area contributed by atoms with Crippen molar-refractivity contribution in [1.82, 2.24) is 0 Å². The third kappa shape index (κ3) is 2.19. The molecule has 0 spiro atoms. The van der Waals surface area contributed by atoms with Gasteiger partial charge < -0.3 is 5.11 Å². The zero-order chi connectivity index (χ0) is 8.43. The van der Waals surface area contributed by atoms with E-state index in [1.807, 2.05) is 0 Å². The van der Waals surface area contributed by atoms with Crippen LogP contribution in [0.1, 0.15) is 26.2 Å². The second-order valence-electron chi connectivity index (χ2n) is 3.38. The molecule has 1 N–H and O–H groups in total. The summed E-state index contributed by atoms with van der Waals surface area (Å²) in [6.07, 6.45) is 2.98. The second-order valence-corrected chi connectivity index (χ2v) is 4.56. The van der Waals surface area contributed by atoms with Crippen LogP contribution < -0.4 is 0 Å². The molecule has 2 nitrogen and oxygen atoms in total. The van der Waals surface area contributed by atoms with Crippen LogP contribution in [0.4, 0.5) is 0 Å². The van der Waals surface area contributed by atoms with Gasteiger partial charge in [-0.1, -0.05) is 22.9 Å². The lowest BCUT2D eigenvalue weighted by molar-refractivity contribution is -0.142. The molecule has 64 valence electrons. The maximum atomic E-state index is 10.7. The Morgan fingerprint density at radius 3 is 2.64 bits per heavy atom. The normalized spacial score (nSPS) is 38.5. The third-order valence-electron chi connectivity index (χ3n) is 2.35. The summed E-state index contributed by atoms with van der Waals surface area (Å²) < 4.78 is 0. The molecule has 1 aliphatic rings. The standard InChI is InChI=1S/C8H13BrO2/c1-5-2-3-7(9)6(4-5)8(10)11/h5-7H,2-4H2,1H3,(H,10,11). The van der Waals surface area contributed by atoms with Gasteiger partial charge in [-0.15, -0.1) is 0 Å². The molecule has 1 rings (SSSR count). The van der Waals surface area contributed by atoms with Crippen LogP contribution in [0.5, 0.6) is 0 Å². The largest absolute Gasteiger partial charge is 0.481 e. The van der Waals surface area contributed by atoms with Crippen LogP contribution in [0.15, 0.2) is 0 Å². The van der Waals surface area contributed by atoms with Crippen molar-refractivity contribution in [1.29, 1.82) is 0 Å². The Hall–Kier alpha value is -0.0500. The molecule has 3 atom stereocenters. The van der Waals surface area contributed by atoms with Crippen molar-refractivity contribution in [3.63, 3.8) is 0 Å². The fourth-order valence-corrected chi connectivity index (χ4v) is 2.31. The number of rotatable bonds is 1. The van der Waals surface area contributed by atoms with Gasteiger partial charge in [-0.3, -0.25) is 4.79 Å². The number of carboxylic acid groups (broad SMARTS) is 1. The Kier molecular flexibility index (Phi) is 2.93. The molecule has 1 aliphatic carbocycles. The molecule has 0 bridgehead atoms. The van der Waals surface area contributed by atoms with Crippen molar-refractivity contribution >= 4 is 21.9 Å². The second kappa shape index (κ2) is 3.57. The zero-order valence-corrected chi connectivity index (χ0v) is 8.17. The molecule has 0 aromatic heterocycles. The number of hydrogen-bond acceptors (Lipinski definition) is 1. The summed E-state index contributed by atoms with van der Waals surface area (Å²) in [5.74, 6) is -0.248. The summed E-state index contributed by atoms with van der Waals surface area (Å²) in [5, 5.41) is 8.80. The number of carbonyl (C=O) groups is 1. The van der Waals surface area contributed by atoms with E-state index in [-0.39, 0.29) is 10.7 Å². The summed E-state index contributed by atoms with van der Waals surface area (Å²) in [6.45, 7) is 2.12. The van der Waals surface area contributed by atoms with Gasteiger partial charge in [-0.05, 0) is 25.2 Å².